The lowest BCUT2D eigenvalue weighted by atomic mass is 9.91. The highest BCUT2D eigenvalue weighted by molar-refractivity contribution is 5.36. The average molecular weight is 336 g/mol. The van der Waals surface area contributed by atoms with Crippen molar-refractivity contribution in [2.45, 2.75) is 63.7 Å². The maximum Gasteiger partial charge on any atom is 0.122 e. The predicted molar refractivity (Wildman–Crippen MR) is 95.6 cm³/mol. The molecule has 1 N–H and O–H groups in total. The topological polar surface area (TPSA) is 41.9 Å². The molecular weight excluding hydrogens is 302 g/mol. The number of hydrogen-bond donors (Lipinski definition) is 1. The molecule has 4 heteroatoms. The SMILES string of the molecule is [2H]c1c([2H])c(CCO[C@@H]2CCCC[C@H]2N2CC[C@@H](O)C2)c([2H])c(OC)c1C. The van der Waals surface area contributed by atoms with Crippen LogP contribution < -0.4 is 4.74 Å². The van der Waals surface area contributed by atoms with E-state index in [0.29, 0.717) is 35.9 Å². The van der Waals surface area contributed by atoms with Gasteiger partial charge in [0.05, 0.1) is 30.0 Å². The maximum absolute atomic E-state index is 9.85. The molecule has 1 aromatic rings. The van der Waals surface area contributed by atoms with E-state index in [0.717, 1.165) is 38.8 Å². The molecule has 0 amide bonds. The fourth-order valence-electron chi connectivity index (χ4n) is 3.89. The van der Waals surface area contributed by atoms with Crippen molar-refractivity contribution >= 4 is 0 Å². The lowest BCUT2D eigenvalue weighted by molar-refractivity contribution is -0.0316. The first-order valence-corrected chi connectivity index (χ1v) is 9.11. The van der Waals surface area contributed by atoms with Gasteiger partial charge in [-0.05, 0) is 49.8 Å². The lowest BCUT2D eigenvalue weighted by Gasteiger charge is -2.37. The quantitative estimate of drug-likeness (QED) is 0.867. The summed E-state index contributed by atoms with van der Waals surface area (Å²) in [4.78, 5) is 2.36. The van der Waals surface area contributed by atoms with E-state index in [1.165, 1.54) is 13.5 Å². The first-order valence-electron chi connectivity index (χ1n) is 10.6. The highest BCUT2D eigenvalue weighted by Gasteiger charge is 2.34. The summed E-state index contributed by atoms with van der Waals surface area (Å²) in [5, 5.41) is 9.85. The number of rotatable bonds is 6. The van der Waals surface area contributed by atoms with Gasteiger partial charge in [-0.1, -0.05) is 24.9 Å². The van der Waals surface area contributed by atoms with E-state index in [1.807, 2.05) is 0 Å². The molecule has 3 atom stereocenters. The van der Waals surface area contributed by atoms with Crippen molar-refractivity contribution in [2.24, 2.45) is 0 Å². The second kappa shape index (κ2) is 8.32. The zero-order valence-electron chi connectivity index (χ0n) is 17.8. The van der Waals surface area contributed by atoms with Gasteiger partial charge in [0.15, 0.2) is 0 Å². The third kappa shape index (κ3) is 4.29. The number of benzene rings is 1. The van der Waals surface area contributed by atoms with Gasteiger partial charge in [-0.2, -0.15) is 0 Å². The number of methoxy groups -OCH3 is 1. The summed E-state index contributed by atoms with van der Waals surface area (Å²) in [5.41, 5.74) is 1.06. The Hall–Kier alpha value is -1.10. The number of aliphatic hydroxyl groups is 1. The Morgan fingerprint density at radius 3 is 2.88 bits per heavy atom. The zero-order valence-corrected chi connectivity index (χ0v) is 14.8. The predicted octanol–water partition coefficient (Wildman–Crippen LogP) is 2.94. The normalized spacial score (nSPS) is 30.0. The largest absolute Gasteiger partial charge is 0.496 e. The van der Waals surface area contributed by atoms with E-state index in [4.69, 9.17) is 13.6 Å². The van der Waals surface area contributed by atoms with Crippen LogP contribution in [0.3, 0.4) is 0 Å². The van der Waals surface area contributed by atoms with Crippen LogP contribution in [0.2, 0.25) is 0 Å². The molecular formula is C20H31NO3. The molecule has 0 unspecified atom stereocenters. The molecule has 0 spiro atoms. The fourth-order valence-corrected chi connectivity index (χ4v) is 3.89. The summed E-state index contributed by atoms with van der Waals surface area (Å²) in [6.45, 7) is 3.81. The van der Waals surface area contributed by atoms with Crippen LogP contribution in [0.5, 0.6) is 5.75 Å². The standard InChI is InChI=1S/C20H31NO3/c1-15-7-8-16(13-20(15)23-2)10-12-24-19-6-4-3-5-18(19)21-11-9-17(22)14-21/h7-8,13,17-19,22H,3-6,9-12,14H2,1-2H3/t17-,18-,19-/m1/s1/i7D,8D,13D. The van der Waals surface area contributed by atoms with Crippen LogP contribution in [-0.4, -0.2) is 55.1 Å². The van der Waals surface area contributed by atoms with Crippen LogP contribution in [0.1, 0.15) is 47.3 Å². The summed E-state index contributed by atoms with van der Waals surface area (Å²) >= 11 is 0. The van der Waals surface area contributed by atoms with Crippen LogP contribution >= 0.6 is 0 Å². The summed E-state index contributed by atoms with van der Waals surface area (Å²) in [7, 11) is 1.50. The molecule has 1 aliphatic heterocycles. The fraction of sp³-hybridized carbons (Fsp3) is 0.700. The Morgan fingerprint density at radius 1 is 1.29 bits per heavy atom. The van der Waals surface area contributed by atoms with Crippen LogP contribution in [0.4, 0.5) is 0 Å². The van der Waals surface area contributed by atoms with Gasteiger partial charge in [-0.15, -0.1) is 0 Å². The lowest BCUT2D eigenvalue weighted by Crippen LogP contribution is -2.46. The van der Waals surface area contributed by atoms with E-state index < -0.39 is 0 Å². The third-order valence-electron chi connectivity index (χ3n) is 5.23. The molecule has 0 radical (unpaired) electrons. The Morgan fingerprint density at radius 2 is 2.12 bits per heavy atom. The number of β-amino-alcohol motifs (C(OH)–C–C–N with tert-alkyl or cyclic N) is 1. The average Bonchev–Trinajstić information content (AvgIpc) is 3.10. The van der Waals surface area contributed by atoms with Gasteiger partial charge in [0.2, 0.25) is 0 Å². The van der Waals surface area contributed by atoms with E-state index >= 15 is 0 Å². The van der Waals surface area contributed by atoms with Gasteiger partial charge in [-0.25, -0.2) is 0 Å². The van der Waals surface area contributed by atoms with Crippen molar-refractivity contribution < 1.29 is 18.7 Å². The Bertz CT molecular complexity index is 671. The van der Waals surface area contributed by atoms with Gasteiger partial charge < -0.3 is 14.6 Å². The Kier molecular flexibility index (Phi) is 4.89. The van der Waals surface area contributed by atoms with Gasteiger partial charge in [0.1, 0.15) is 5.75 Å². The number of likely N-dealkylation sites (tertiary alicyclic amines) is 1. The van der Waals surface area contributed by atoms with Gasteiger partial charge in [-0.3, -0.25) is 4.90 Å². The molecule has 0 bridgehead atoms. The molecule has 1 aliphatic carbocycles. The molecule has 1 heterocycles. The molecule has 134 valence electrons. The first kappa shape index (κ1) is 14.1. The van der Waals surface area contributed by atoms with Crippen LogP contribution in [0.25, 0.3) is 0 Å². The number of aliphatic hydroxyl groups excluding tert-OH is 1. The highest BCUT2D eigenvalue weighted by atomic mass is 16.5. The van der Waals surface area contributed by atoms with Crippen molar-refractivity contribution in [1.29, 1.82) is 0 Å². The van der Waals surface area contributed by atoms with Crippen LogP contribution in [0.15, 0.2) is 18.1 Å². The summed E-state index contributed by atoms with van der Waals surface area (Å²) < 4.78 is 36.1. The van der Waals surface area contributed by atoms with Crippen molar-refractivity contribution in [3.05, 3.63) is 29.3 Å². The first-order chi connectivity index (χ1) is 12.9. The van der Waals surface area contributed by atoms with Crippen LogP contribution in [-0.2, 0) is 11.2 Å². The molecule has 0 aromatic heterocycles. The molecule has 24 heavy (non-hydrogen) atoms. The van der Waals surface area contributed by atoms with Crippen molar-refractivity contribution in [2.75, 3.05) is 26.8 Å². The summed E-state index contributed by atoms with van der Waals surface area (Å²) in [5.74, 6) is 0.382. The number of nitrogens with zero attached hydrogens (tertiary/aromatic N) is 1. The van der Waals surface area contributed by atoms with Crippen molar-refractivity contribution in [1.82, 2.24) is 4.90 Å². The highest BCUT2D eigenvalue weighted by Crippen LogP contribution is 2.28. The summed E-state index contributed by atoms with van der Waals surface area (Å²) in [6, 6.07) is 0.771. The molecule has 1 saturated carbocycles. The second-order valence-electron chi connectivity index (χ2n) is 6.96. The molecule has 1 saturated heterocycles. The smallest absolute Gasteiger partial charge is 0.122 e. The van der Waals surface area contributed by atoms with E-state index in [1.54, 1.807) is 6.92 Å². The molecule has 4 nitrogen and oxygen atoms in total. The third-order valence-corrected chi connectivity index (χ3v) is 5.23. The molecule has 3 rings (SSSR count). The van der Waals surface area contributed by atoms with Crippen molar-refractivity contribution in [3.63, 3.8) is 0 Å². The second-order valence-corrected chi connectivity index (χ2v) is 6.96. The van der Waals surface area contributed by atoms with E-state index in [9.17, 15) is 5.11 Å². The van der Waals surface area contributed by atoms with Gasteiger partial charge in [0.25, 0.3) is 0 Å². The number of hydrogen-bond acceptors (Lipinski definition) is 4. The monoisotopic (exact) mass is 336 g/mol. The number of ether oxygens (including phenoxy) is 2. The minimum Gasteiger partial charge on any atom is -0.496 e. The minimum atomic E-state index is -0.222. The Balaban J connectivity index is 1.66. The van der Waals surface area contributed by atoms with Gasteiger partial charge in [0, 0.05) is 19.1 Å². The van der Waals surface area contributed by atoms with Gasteiger partial charge >= 0.3 is 0 Å². The zero-order chi connectivity index (χ0) is 19.6. The minimum absolute atomic E-state index is 0.102. The maximum atomic E-state index is 9.85. The molecule has 2 aliphatic rings. The molecule has 2 fully saturated rings. The van der Waals surface area contributed by atoms with Crippen LogP contribution in [0, 0.1) is 6.92 Å². The Labute approximate surface area is 150 Å². The van der Waals surface area contributed by atoms with Crippen molar-refractivity contribution in [3.8, 4) is 5.75 Å². The molecule has 1 aromatic carbocycles. The van der Waals surface area contributed by atoms with E-state index in [-0.39, 0.29) is 30.3 Å². The van der Waals surface area contributed by atoms with E-state index in [2.05, 4.69) is 4.90 Å². The summed E-state index contributed by atoms with van der Waals surface area (Å²) in [6.07, 6.45) is 5.65.